The van der Waals surface area contributed by atoms with E-state index in [0.29, 0.717) is 0 Å². The van der Waals surface area contributed by atoms with Crippen molar-refractivity contribution >= 4 is 33.7 Å². The molecule has 0 saturated heterocycles. The van der Waals surface area contributed by atoms with Gasteiger partial charge in [-0.3, -0.25) is 0 Å². The molecular weight excluding hydrogens is 558 g/mol. The Hall–Kier alpha value is -4.76. The molecule has 4 unspecified atom stereocenters. The smallest absolute Gasteiger partial charge is 0.157 e. The summed E-state index contributed by atoms with van der Waals surface area (Å²) >= 11 is 0. The molecule has 0 fully saturated rings. The van der Waals surface area contributed by atoms with Crippen LogP contribution in [0.3, 0.4) is 0 Å². The molecule has 3 nitrogen and oxygen atoms in total. The lowest BCUT2D eigenvalue weighted by molar-refractivity contribution is 0.284. The maximum absolute atomic E-state index is 5.51. The molecule has 0 saturated carbocycles. The molecule has 0 amide bonds. The number of benzene rings is 4. The van der Waals surface area contributed by atoms with Gasteiger partial charge >= 0.3 is 0 Å². The molecule has 4 aromatic carbocycles. The van der Waals surface area contributed by atoms with Crippen molar-refractivity contribution in [3.8, 4) is 22.3 Å². The van der Waals surface area contributed by atoms with E-state index < -0.39 is 11.0 Å². The van der Waals surface area contributed by atoms with E-state index in [2.05, 4.69) is 144 Å². The molecule has 2 aliphatic heterocycles. The quantitative estimate of drug-likeness (QED) is 0.167. The number of anilines is 2. The molecule has 0 radical (unpaired) electrons. The first kappa shape index (κ1) is 25.4. The standard InChI is InChI=1S/C43H35N3/c1-23-21-22-41(4)37-34(23)42(5)35-32-26(15-11-17-28(32)40(42,2)3)24-13-7-8-14-25(24)27-16-12-20-31-33(27)36(35)43(37,6)46(31)39-38(41)44-29-18-9-10-19-30(29)45-39/h7-23H,1-6H3. The zero-order chi connectivity index (χ0) is 31.1. The summed E-state index contributed by atoms with van der Waals surface area (Å²) in [6.45, 7) is 15.0. The van der Waals surface area contributed by atoms with Crippen molar-refractivity contribution in [3.05, 3.63) is 131 Å². The highest BCUT2D eigenvalue weighted by Crippen LogP contribution is 2.78. The van der Waals surface area contributed by atoms with Crippen LogP contribution in [0.5, 0.6) is 0 Å². The zero-order valence-corrected chi connectivity index (χ0v) is 27.2. The minimum absolute atomic E-state index is 0.137. The van der Waals surface area contributed by atoms with Crippen LogP contribution in [0.1, 0.15) is 63.9 Å². The van der Waals surface area contributed by atoms with E-state index in [-0.39, 0.29) is 16.7 Å². The second kappa shape index (κ2) is 7.44. The van der Waals surface area contributed by atoms with E-state index in [0.717, 1.165) is 22.5 Å². The van der Waals surface area contributed by atoms with Gasteiger partial charge in [0.1, 0.15) is 0 Å². The summed E-state index contributed by atoms with van der Waals surface area (Å²) in [6.07, 6.45) is 4.94. The van der Waals surface area contributed by atoms with Crippen molar-refractivity contribution in [1.29, 1.82) is 0 Å². The Morgan fingerprint density at radius 2 is 1.28 bits per heavy atom. The maximum Gasteiger partial charge on any atom is 0.157 e. The van der Waals surface area contributed by atoms with Gasteiger partial charge in [0.15, 0.2) is 5.82 Å². The van der Waals surface area contributed by atoms with E-state index in [9.17, 15) is 0 Å². The van der Waals surface area contributed by atoms with E-state index in [4.69, 9.17) is 9.97 Å². The van der Waals surface area contributed by atoms with Crippen LogP contribution in [0.25, 0.3) is 44.4 Å². The SMILES string of the molecule is CC1C=CC2(C)C3=C1C1(C)C4=C5c6c(cccc6N(c6nc7ccccc7nc62)C53C)-c2ccccc2-c2cccc(c24)C1(C)C. The number of para-hydroxylation sites is 2. The van der Waals surface area contributed by atoms with Crippen molar-refractivity contribution in [3.63, 3.8) is 0 Å². The van der Waals surface area contributed by atoms with Gasteiger partial charge in [0.2, 0.25) is 0 Å². The lowest BCUT2D eigenvalue weighted by Crippen LogP contribution is -2.59. The molecule has 3 heteroatoms. The molecule has 4 atom stereocenters. The van der Waals surface area contributed by atoms with E-state index in [1.165, 1.54) is 61.4 Å². The van der Waals surface area contributed by atoms with Crippen LogP contribution in [0, 0.1) is 11.3 Å². The van der Waals surface area contributed by atoms with Gasteiger partial charge in [-0.1, -0.05) is 107 Å². The molecule has 1 aromatic heterocycles. The molecule has 222 valence electrons. The number of hydrogen-bond acceptors (Lipinski definition) is 3. The topological polar surface area (TPSA) is 29.0 Å². The van der Waals surface area contributed by atoms with Gasteiger partial charge in [0.05, 0.1) is 33.4 Å². The van der Waals surface area contributed by atoms with Crippen molar-refractivity contribution in [2.75, 3.05) is 4.90 Å². The average Bonchev–Trinajstić information content (AvgIpc) is 3.42. The normalized spacial score (nSPS) is 29.4. The molecule has 6 aliphatic rings. The first-order chi connectivity index (χ1) is 22.1. The fourth-order valence-electron chi connectivity index (χ4n) is 11.1. The van der Waals surface area contributed by atoms with Crippen molar-refractivity contribution in [2.45, 2.75) is 57.9 Å². The molecule has 3 heterocycles. The van der Waals surface area contributed by atoms with Crippen LogP contribution < -0.4 is 4.90 Å². The zero-order valence-electron chi connectivity index (χ0n) is 27.2. The van der Waals surface area contributed by atoms with Gasteiger partial charge in [0.25, 0.3) is 0 Å². The number of nitrogens with zero attached hydrogens (tertiary/aromatic N) is 3. The van der Waals surface area contributed by atoms with Crippen LogP contribution in [0.4, 0.5) is 11.5 Å². The van der Waals surface area contributed by atoms with Gasteiger partial charge in [0, 0.05) is 16.4 Å². The summed E-state index contributed by atoms with van der Waals surface area (Å²) in [7, 11) is 0. The largest absolute Gasteiger partial charge is 0.310 e. The predicted molar refractivity (Wildman–Crippen MR) is 188 cm³/mol. The summed E-state index contributed by atoms with van der Waals surface area (Å²) in [4.78, 5) is 13.6. The van der Waals surface area contributed by atoms with Crippen LogP contribution in [-0.4, -0.2) is 15.5 Å². The Morgan fingerprint density at radius 3 is 2.02 bits per heavy atom. The minimum Gasteiger partial charge on any atom is -0.310 e. The third-order valence-corrected chi connectivity index (χ3v) is 13.2. The van der Waals surface area contributed by atoms with Crippen LogP contribution in [0.2, 0.25) is 0 Å². The summed E-state index contributed by atoms with van der Waals surface area (Å²) in [5.41, 5.74) is 18.7. The first-order valence-corrected chi connectivity index (χ1v) is 16.8. The monoisotopic (exact) mass is 593 g/mol. The Morgan fingerprint density at radius 1 is 0.652 bits per heavy atom. The molecule has 46 heavy (non-hydrogen) atoms. The third kappa shape index (κ3) is 2.35. The summed E-state index contributed by atoms with van der Waals surface area (Å²) in [5, 5.41) is 0. The Balaban J connectivity index is 1.44. The molecule has 0 bridgehead atoms. The summed E-state index contributed by atoms with van der Waals surface area (Å²) in [6, 6.07) is 31.5. The molecular formula is C43H35N3. The van der Waals surface area contributed by atoms with Crippen molar-refractivity contribution in [2.24, 2.45) is 11.3 Å². The van der Waals surface area contributed by atoms with Gasteiger partial charge < -0.3 is 4.90 Å². The minimum atomic E-state index is -0.433. The lowest BCUT2D eigenvalue weighted by atomic mass is 9.47. The van der Waals surface area contributed by atoms with E-state index in [1.807, 2.05) is 0 Å². The van der Waals surface area contributed by atoms with Crippen LogP contribution >= 0.6 is 0 Å². The lowest BCUT2D eigenvalue weighted by Gasteiger charge is -2.60. The second-order valence-corrected chi connectivity index (χ2v) is 15.4. The van der Waals surface area contributed by atoms with E-state index in [1.54, 1.807) is 5.57 Å². The number of allylic oxidation sites excluding steroid dienone is 4. The Bertz CT molecular complexity index is 2420. The van der Waals surface area contributed by atoms with Gasteiger partial charge in [-0.05, 0) is 93.6 Å². The maximum atomic E-state index is 5.51. The fourth-order valence-corrected chi connectivity index (χ4v) is 11.1. The third-order valence-electron chi connectivity index (χ3n) is 13.2. The van der Waals surface area contributed by atoms with Crippen LogP contribution in [0.15, 0.2) is 108 Å². The molecule has 5 aromatic rings. The molecule has 4 aliphatic carbocycles. The summed E-state index contributed by atoms with van der Waals surface area (Å²) in [5.74, 6) is 1.27. The number of hydrogen-bond donors (Lipinski definition) is 0. The van der Waals surface area contributed by atoms with Crippen LogP contribution in [-0.2, 0) is 10.8 Å². The van der Waals surface area contributed by atoms with Crippen molar-refractivity contribution in [1.82, 2.24) is 9.97 Å². The van der Waals surface area contributed by atoms with E-state index >= 15 is 0 Å². The average molecular weight is 594 g/mol. The van der Waals surface area contributed by atoms with Gasteiger partial charge in [-0.15, -0.1) is 0 Å². The predicted octanol–water partition coefficient (Wildman–Crippen LogP) is 10.2. The molecule has 11 rings (SSSR count). The highest BCUT2D eigenvalue weighted by Gasteiger charge is 2.70. The number of rotatable bonds is 0. The van der Waals surface area contributed by atoms with Gasteiger partial charge in [-0.2, -0.15) is 0 Å². The van der Waals surface area contributed by atoms with Crippen molar-refractivity contribution < 1.29 is 0 Å². The molecule has 0 N–H and O–H groups in total. The Kier molecular flexibility index (Phi) is 4.12. The van der Waals surface area contributed by atoms with Gasteiger partial charge in [-0.25, -0.2) is 9.97 Å². The second-order valence-electron chi connectivity index (χ2n) is 15.4. The molecule has 0 spiro atoms. The number of fused-ring (bicyclic) bond motifs is 9. The Labute approximate surface area is 270 Å². The first-order valence-electron chi connectivity index (χ1n) is 16.8. The fraction of sp³-hybridized carbons (Fsp3) is 0.256. The number of aromatic nitrogens is 2. The summed E-state index contributed by atoms with van der Waals surface area (Å²) < 4.78 is 0. The highest BCUT2D eigenvalue weighted by molar-refractivity contribution is 6.19. The highest BCUT2D eigenvalue weighted by atomic mass is 15.3.